The fourth-order valence-corrected chi connectivity index (χ4v) is 3.02. The first-order chi connectivity index (χ1) is 10.8. The first-order valence-electron chi connectivity index (χ1n) is 7.98. The SMILES string of the molecule is CCNC(=O)c1ccc(CN2CCCc3ccccc32)cc1. The molecule has 0 atom stereocenters. The lowest BCUT2D eigenvalue weighted by molar-refractivity contribution is 0.0956. The van der Waals surface area contributed by atoms with Gasteiger partial charge in [0, 0.05) is 30.9 Å². The van der Waals surface area contributed by atoms with Crippen molar-refractivity contribution in [2.24, 2.45) is 0 Å². The van der Waals surface area contributed by atoms with Gasteiger partial charge in [-0.1, -0.05) is 30.3 Å². The van der Waals surface area contributed by atoms with Crippen LogP contribution in [0.3, 0.4) is 0 Å². The zero-order valence-corrected chi connectivity index (χ0v) is 13.0. The van der Waals surface area contributed by atoms with Gasteiger partial charge in [0.15, 0.2) is 0 Å². The lowest BCUT2D eigenvalue weighted by atomic mass is 10.0. The molecule has 0 spiro atoms. The van der Waals surface area contributed by atoms with E-state index in [0.717, 1.165) is 18.7 Å². The number of benzene rings is 2. The summed E-state index contributed by atoms with van der Waals surface area (Å²) in [6, 6.07) is 16.6. The normalized spacial score (nSPS) is 13.6. The number of fused-ring (bicyclic) bond motifs is 1. The van der Waals surface area contributed by atoms with E-state index < -0.39 is 0 Å². The Morgan fingerprint density at radius 3 is 2.68 bits per heavy atom. The number of amides is 1. The second-order valence-electron chi connectivity index (χ2n) is 5.71. The summed E-state index contributed by atoms with van der Waals surface area (Å²) in [7, 11) is 0. The molecule has 3 rings (SSSR count). The number of nitrogens with one attached hydrogen (secondary N) is 1. The highest BCUT2D eigenvalue weighted by Gasteiger charge is 2.16. The third-order valence-electron chi connectivity index (χ3n) is 4.13. The number of nitrogens with zero attached hydrogens (tertiary/aromatic N) is 1. The average Bonchev–Trinajstić information content (AvgIpc) is 2.56. The van der Waals surface area contributed by atoms with Crippen LogP contribution in [-0.4, -0.2) is 19.0 Å². The molecule has 1 amide bonds. The molecular weight excluding hydrogens is 272 g/mol. The fraction of sp³-hybridized carbons (Fsp3) is 0.316. The van der Waals surface area contributed by atoms with Crippen molar-refractivity contribution in [2.75, 3.05) is 18.0 Å². The van der Waals surface area contributed by atoms with Gasteiger partial charge in [0.2, 0.25) is 0 Å². The van der Waals surface area contributed by atoms with Crippen molar-refractivity contribution in [3.8, 4) is 0 Å². The Bertz CT molecular complexity index is 649. The molecule has 0 fully saturated rings. The molecule has 1 aliphatic rings. The van der Waals surface area contributed by atoms with E-state index in [1.807, 2.05) is 19.1 Å². The Balaban J connectivity index is 1.73. The van der Waals surface area contributed by atoms with Gasteiger partial charge in [0.05, 0.1) is 0 Å². The van der Waals surface area contributed by atoms with Gasteiger partial charge in [-0.25, -0.2) is 0 Å². The van der Waals surface area contributed by atoms with Crippen LogP contribution in [0, 0.1) is 0 Å². The standard InChI is InChI=1S/C19H22N2O/c1-2-20-19(22)17-11-9-15(10-12-17)14-21-13-5-7-16-6-3-4-8-18(16)21/h3-4,6,8-12H,2,5,7,13-14H2,1H3,(H,20,22). The highest BCUT2D eigenvalue weighted by atomic mass is 16.1. The second-order valence-corrected chi connectivity index (χ2v) is 5.71. The minimum absolute atomic E-state index is 0.00244. The third-order valence-corrected chi connectivity index (χ3v) is 4.13. The number of hydrogen-bond acceptors (Lipinski definition) is 2. The Hall–Kier alpha value is -2.29. The Morgan fingerprint density at radius 2 is 1.91 bits per heavy atom. The molecule has 1 N–H and O–H groups in total. The molecule has 1 aliphatic heterocycles. The van der Waals surface area contributed by atoms with E-state index in [9.17, 15) is 4.79 Å². The molecule has 0 aromatic heterocycles. The maximum atomic E-state index is 11.8. The van der Waals surface area contributed by atoms with Gasteiger partial charge in [-0.05, 0) is 49.1 Å². The predicted molar refractivity (Wildman–Crippen MR) is 90.3 cm³/mol. The third kappa shape index (κ3) is 3.14. The molecule has 0 bridgehead atoms. The topological polar surface area (TPSA) is 32.3 Å². The van der Waals surface area contributed by atoms with E-state index in [1.165, 1.54) is 29.7 Å². The summed E-state index contributed by atoms with van der Waals surface area (Å²) < 4.78 is 0. The Morgan fingerprint density at radius 1 is 1.14 bits per heavy atom. The summed E-state index contributed by atoms with van der Waals surface area (Å²) in [4.78, 5) is 14.2. The first kappa shape index (κ1) is 14.6. The van der Waals surface area contributed by atoms with Gasteiger partial charge < -0.3 is 10.2 Å². The van der Waals surface area contributed by atoms with Gasteiger partial charge >= 0.3 is 0 Å². The van der Waals surface area contributed by atoms with Crippen LogP contribution in [0.4, 0.5) is 5.69 Å². The minimum atomic E-state index is -0.00244. The van der Waals surface area contributed by atoms with E-state index >= 15 is 0 Å². The van der Waals surface area contributed by atoms with Crippen molar-refractivity contribution in [3.63, 3.8) is 0 Å². The minimum Gasteiger partial charge on any atom is -0.367 e. The fourth-order valence-electron chi connectivity index (χ4n) is 3.02. The second kappa shape index (κ2) is 6.65. The molecule has 22 heavy (non-hydrogen) atoms. The van der Waals surface area contributed by atoms with Crippen LogP contribution in [0.5, 0.6) is 0 Å². The zero-order chi connectivity index (χ0) is 15.4. The average molecular weight is 294 g/mol. The zero-order valence-electron chi connectivity index (χ0n) is 13.0. The van der Waals surface area contributed by atoms with Crippen LogP contribution < -0.4 is 10.2 Å². The summed E-state index contributed by atoms with van der Waals surface area (Å²) in [5.41, 5.74) is 4.75. The Labute approximate surface area is 132 Å². The molecule has 2 aromatic carbocycles. The van der Waals surface area contributed by atoms with Crippen molar-refractivity contribution < 1.29 is 4.79 Å². The van der Waals surface area contributed by atoms with Crippen LogP contribution in [0.25, 0.3) is 0 Å². The van der Waals surface area contributed by atoms with Gasteiger partial charge in [-0.3, -0.25) is 4.79 Å². The number of hydrogen-bond donors (Lipinski definition) is 1. The van der Waals surface area contributed by atoms with Crippen molar-refractivity contribution in [1.82, 2.24) is 5.32 Å². The highest BCUT2D eigenvalue weighted by Crippen LogP contribution is 2.28. The molecule has 0 aliphatic carbocycles. The van der Waals surface area contributed by atoms with E-state index in [0.29, 0.717) is 6.54 Å². The largest absolute Gasteiger partial charge is 0.367 e. The first-order valence-corrected chi connectivity index (χ1v) is 7.98. The van der Waals surface area contributed by atoms with Crippen LogP contribution >= 0.6 is 0 Å². The quantitative estimate of drug-likeness (QED) is 0.937. The van der Waals surface area contributed by atoms with Crippen molar-refractivity contribution in [3.05, 3.63) is 65.2 Å². The number of para-hydroxylation sites is 1. The summed E-state index contributed by atoms with van der Waals surface area (Å²) in [5.74, 6) is -0.00244. The van der Waals surface area contributed by atoms with Crippen LogP contribution in [0.2, 0.25) is 0 Å². The van der Waals surface area contributed by atoms with Crippen molar-refractivity contribution in [1.29, 1.82) is 0 Å². The summed E-state index contributed by atoms with van der Waals surface area (Å²) in [6.07, 6.45) is 2.37. The number of anilines is 1. The van der Waals surface area contributed by atoms with E-state index in [-0.39, 0.29) is 5.91 Å². The molecule has 0 unspecified atom stereocenters. The number of rotatable bonds is 4. The van der Waals surface area contributed by atoms with E-state index in [1.54, 1.807) is 0 Å². The number of carbonyl (C=O) groups is 1. The van der Waals surface area contributed by atoms with Gasteiger partial charge in [0.25, 0.3) is 5.91 Å². The van der Waals surface area contributed by atoms with Crippen LogP contribution in [-0.2, 0) is 13.0 Å². The van der Waals surface area contributed by atoms with Crippen LogP contribution in [0.15, 0.2) is 48.5 Å². The smallest absolute Gasteiger partial charge is 0.251 e. The lowest BCUT2D eigenvalue weighted by Gasteiger charge is -2.31. The van der Waals surface area contributed by atoms with Crippen molar-refractivity contribution in [2.45, 2.75) is 26.3 Å². The van der Waals surface area contributed by atoms with Crippen LogP contribution in [0.1, 0.15) is 34.8 Å². The maximum absolute atomic E-state index is 11.8. The van der Waals surface area contributed by atoms with E-state index in [4.69, 9.17) is 0 Å². The highest BCUT2D eigenvalue weighted by molar-refractivity contribution is 5.94. The number of carbonyl (C=O) groups excluding carboxylic acids is 1. The molecule has 0 radical (unpaired) electrons. The summed E-state index contributed by atoms with van der Waals surface area (Å²) in [5, 5.41) is 2.83. The van der Waals surface area contributed by atoms with Gasteiger partial charge in [-0.2, -0.15) is 0 Å². The van der Waals surface area contributed by atoms with Gasteiger partial charge in [0.1, 0.15) is 0 Å². The molecule has 0 saturated heterocycles. The number of aryl methyl sites for hydroxylation is 1. The molecule has 114 valence electrons. The van der Waals surface area contributed by atoms with Gasteiger partial charge in [-0.15, -0.1) is 0 Å². The Kier molecular flexibility index (Phi) is 4.42. The molecule has 1 heterocycles. The molecule has 2 aromatic rings. The molecule has 3 nitrogen and oxygen atoms in total. The maximum Gasteiger partial charge on any atom is 0.251 e. The predicted octanol–water partition coefficient (Wildman–Crippen LogP) is 3.39. The van der Waals surface area contributed by atoms with E-state index in [2.05, 4.69) is 46.6 Å². The summed E-state index contributed by atoms with van der Waals surface area (Å²) in [6.45, 7) is 4.58. The monoisotopic (exact) mass is 294 g/mol. The molecule has 0 saturated carbocycles. The van der Waals surface area contributed by atoms with Crippen molar-refractivity contribution >= 4 is 11.6 Å². The summed E-state index contributed by atoms with van der Waals surface area (Å²) >= 11 is 0. The molecular formula is C19H22N2O. The lowest BCUT2D eigenvalue weighted by Crippen LogP contribution is -2.28. The molecule has 3 heteroatoms.